The second kappa shape index (κ2) is 9.53. The molecule has 2 aromatic heterocycles. The lowest BCUT2D eigenvalue weighted by atomic mass is 10.0. The Hall–Kier alpha value is -3.18. The number of nitrogen functional groups attached to an aromatic ring is 1. The maximum atomic E-state index is 15.5. The number of carbonyl (C=O) groups is 1. The van der Waals surface area contributed by atoms with Crippen LogP contribution in [-0.2, 0) is 11.3 Å². The first-order chi connectivity index (χ1) is 17.8. The van der Waals surface area contributed by atoms with Crippen molar-refractivity contribution in [3.63, 3.8) is 0 Å². The fourth-order valence-corrected chi connectivity index (χ4v) is 5.35. The number of benzene rings is 1. The van der Waals surface area contributed by atoms with Crippen LogP contribution in [0, 0.1) is 12.7 Å². The van der Waals surface area contributed by atoms with Gasteiger partial charge in [0.25, 0.3) is 0 Å². The number of halogens is 2. The Kier molecular flexibility index (Phi) is 6.63. The zero-order valence-electron chi connectivity index (χ0n) is 22.5. The van der Waals surface area contributed by atoms with Crippen LogP contribution in [0.4, 0.5) is 15.0 Å². The summed E-state index contributed by atoms with van der Waals surface area (Å²) in [5.41, 5.74) is 7.89. The molecular formula is C26H33ClFN7O3. The van der Waals surface area contributed by atoms with E-state index in [2.05, 4.69) is 20.0 Å². The van der Waals surface area contributed by atoms with Gasteiger partial charge in [-0.3, -0.25) is 4.90 Å². The molecule has 12 heteroatoms. The molecule has 1 fully saturated rings. The van der Waals surface area contributed by atoms with E-state index < -0.39 is 11.4 Å². The minimum absolute atomic E-state index is 0.00928. The third-order valence-electron chi connectivity index (χ3n) is 7.01. The van der Waals surface area contributed by atoms with Crippen molar-refractivity contribution in [1.29, 1.82) is 0 Å². The summed E-state index contributed by atoms with van der Waals surface area (Å²) in [6.45, 7) is 13.1. The molecule has 4 heterocycles. The van der Waals surface area contributed by atoms with E-state index in [9.17, 15) is 4.79 Å². The second-order valence-corrected chi connectivity index (χ2v) is 11.5. The van der Waals surface area contributed by atoms with E-state index in [4.69, 9.17) is 26.8 Å². The number of ether oxygens (including phenoxy) is 2. The van der Waals surface area contributed by atoms with Gasteiger partial charge >= 0.3 is 6.09 Å². The van der Waals surface area contributed by atoms with E-state index in [1.54, 1.807) is 15.6 Å². The SMILES string of the molecule is Cc1nn([C@@H](C)c2cc(Cl)c(F)c3c2OC(C)CN(C2CN(C(=O)OC(C)(C)C)C2)C3)c2ncnc(N)c12. The minimum atomic E-state index is -0.560. The van der Waals surface area contributed by atoms with Crippen molar-refractivity contribution in [1.82, 2.24) is 29.5 Å². The van der Waals surface area contributed by atoms with Gasteiger partial charge in [0.15, 0.2) is 5.65 Å². The number of nitrogens with zero attached hydrogens (tertiary/aromatic N) is 6. The van der Waals surface area contributed by atoms with E-state index in [1.807, 2.05) is 41.5 Å². The number of anilines is 1. The van der Waals surface area contributed by atoms with Gasteiger partial charge in [-0.25, -0.2) is 23.8 Å². The Bertz CT molecular complexity index is 1400. The lowest BCUT2D eigenvalue weighted by Crippen LogP contribution is -2.62. The van der Waals surface area contributed by atoms with Crippen LogP contribution in [0.3, 0.4) is 0 Å². The highest BCUT2D eigenvalue weighted by Crippen LogP contribution is 2.41. The fraction of sp³-hybridized carbons (Fsp3) is 0.538. The number of nitrogens with two attached hydrogens (primary N) is 1. The predicted molar refractivity (Wildman–Crippen MR) is 142 cm³/mol. The van der Waals surface area contributed by atoms with E-state index in [0.29, 0.717) is 65.6 Å². The summed E-state index contributed by atoms with van der Waals surface area (Å²) in [6, 6.07) is 1.28. The molecule has 204 valence electrons. The van der Waals surface area contributed by atoms with Crippen LogP contribution in [0.5, 0.6) is 5.75 Å². The van der Waals surface area contributed by atoms with Crippen LogP contribution in [0.2, 0.25) is 5.02 Å². The number of fused-ring (bicyclic) bond motifs is 2. The summed E-state index contributed by atoms with van der Waals surface area (Å²) < 4.78 is 29.1. The average Bonchev–Trinajstić information content (AvgIpc) is 3.02. The van der Waals surface area contributed by atoms with Crippen molar-refractivity contribution in [3.8, 4) is 5.75 Å². The molecule has 38 heavy (non-hydrogen) atoms. The zero-order chi connectivity index (χ0) is 27.5. The van der Waals surface area contributed by atoms with Crippen LogP contribution in [-0.4, -0.2) is 73.0 Å². The normalized spacial score (nSPS) is 19.5. The van der Waals surface area contributed by atoms with E-state index in [-0.39, 0.29) is 29.3 Å². The molecule has 0 spiro atoms. The van der Waals surface area contributed by atoms with E-state index >= 15 is 4.39 Å². The molecule has 1 unspecified atom stereocenters. The second-order valence-electron chi connectivity index (χ2n) is 11.1. The van der Waals surface area contributed by atoms with Crippen LogP contribution >= 0.6 is 11.6 Å². The van der Waals surface area contributed by atoms with Gasteiger partial charge < -0.3 is 20.1 Å². The number of amides is 1. The van der Waals surface area contributed by atoms with Gasteiger partial charge in [-0.2, -0.15) is 5.10 Å². The van der Waals surface area contributed by atoms with Crippen LogP contribution < -0.4 is 10.5 Å². The van der Waals surface area contributed by atoms with Gasteiger partial charge in [0, 0.05) is 43.3 Å². The summed E-state index contributed by atoms with van der Waals surface area (Å²) in [4.78, 5) is 24.7. The van der Waals surface area contributed by atoms with Gasteiger partial charge in [-0.05, 0) is 47.6 Å². The molecule has 1 amide bonds. The highest BCUT2D eigenvalue weighted by Gasteiger charge is 2.40. The quantitative estimate of drug-likeness (QED) is 0.518. The molecular weight excluding hydrogens is 513 g/mol. The van der Waals surface area contributed by atoms with Crippen molar-refractivity contribution in [2.24, 2.45) is 0 Å². The molecule has 3 aromatic rings. The molecule has 1 saturated heterocycles. The molecule has 1 aromatic carbocycles. The third kappa shape index (κ3) is 4.73. The van der Waals surface area contributed by atoms with E-state index in [0.717, 1.165) is 0 Å². The van der Waals surface area contributed by atoms with Crippen molar-refractivity contribution in [2.45, 2.75) is 71.9 Å². The average molecular weight is 546 g/mol. The summed E-state index contributed by atoms with van der Waals surface area (Å²) in [7, 11) is 0. The zero-order valence-corrected chi connectivity index (χ0v) is 23.2. The van der Waals surface area contributed by atoms with Crippen LogP contribution in [0.15, 0.2) is 12.4 Å². The Morgan fingerprint density at radius 2 is 2.00 bits per heavy atom. The summed E-state index contributed by atoms with van der Waals surface area (Å²) in [6.07, 6.45) is 0.827. The molecule has 0 saturated carbocycles. The number of rotatable bonds is 3. The van der Waals surface area contributed by atoms with Crippen molar-refractivity contribution in [2.75, 3.05) is 25.4 Å². The molecule has 2 aliphatic heterocycles. The van der Waals surface area contributed by atoms with Gasteiger partial charge in [-0.15, -0.1) is 0 Å². The monoisotopic (exact) mass is 545 g/mol. The molecule has 0 radical (unpaired) electrons. The molecule has 0 aliphatic carbocycles. The maximum Gasteiger partial charge on any atom is 0.410 e. The molecule has 2 aliphatic rings. The third-order valence-corrected chi connectivity index (χ3v) is 7.28. The van der Waals surface area contributed by atoms with Gasteiger partial charge in [-0.1, -0.05) is 11.6 Å². The van der Waals surface area contributed by atoms with E-state index in [1.165, 1.54) is 6.33 Å². The predicted octanol–water partition coefficient (Wildman–Crippen LogP) is 4.32. The molecule has 5 rings (SSSR count). The summed E-state index contributed by atoms with van der Waals surface area (Å²) in [5, 5.41) is 5.36. The number of carbonyl (C=O) groups excluding carboxylic acids is 1. The van der Waals surface area contributed by atoms with Gasteiger partial charge in [0.05, 0.1) is 22.1 Å². The molecule has 2 N–H and O–H groups in total. The molecule has 0 bridgehead atoms. The number of likely N-dealkylation sites (tertiary alicyclic amines) is 1. The summed E-state index contributed by atoms with van der Waals surface area (Å²) in [5.74, 6) is 0.303. The standard InChI is InChI=1S/C26H33ClFN7O3/c1-13-8-33(16-9-34(10-16)25(36)38-26(4,5)6)11-18-21(28)19(27)7-17(22(18)37-13)15(3)35-24-20(14(2)32-35)23(29)30-12-31-24/h7,12-13,15-16H,8-11H2,1-6H3,(H2,29,30,31)/t13?,15-/m0/s1. The molecule has 2 atom stereocenters. The Balaban J connectivity index is 1.46. The lowest BCUT2D eigenvalue weighted by Gasteiger charge is -2.45. The van der Waals surface area contributed by atoms with Crippen LogP contribution in [0.1, 0.15) is 57.5 Å². The Morgan fingerprint density at radius 3 is 2.68 bits per heavy atom. The summed E-state index contributed by atoms with van der Waals surface area (Å²) >= 11 is 6.43. The maximum absolute atomic E-state index is 15.5. The number of aryl methyl sites for hydroxylation is 1. The first-order valence-corrected chi connectivity index (χ1v) is 13.1. The highest BCUT2D eigenvalue weighted by molar-refractivity contribution is 6.31. The Morgan fingerprint density at radius 1 is 1.29 bits per heavy atom. The minimum Gasteiger partial charge on any atom is -0.489 e. The first-order valence-electron chi connectivity index (χ1n) is 12.7. The number of aromatic nitrogens is 4. The number of hydrogen-bond acceptors (Lipinski definition) is 8. The topological polar surface area (TPSA) is 112 Å². The fourth-order valence-electron chi connectivity index (χ4n) is 5.12. The highest BCUT2D eigenvalue weighted by atomic mass is 35.5. The smallest absolute Gasteiger partial charge is 0.410 e. The van der Waals surface area contributed by atoms with Gasteiger partial charge in [0.1, 0.15) is 35.4 Å². The van der Waals surface area contributed by atoms with Crippen molar-refractivity contribution < 1.29 is 18.7 Å². The largest absolute Gasteiger partial charge is 0.489 e. The molecule has 10 nitrogen and oxygen atoms in total. The Labute approximate surface area is 225 Å². The first kappa shape index (κ1) is 26.4. The van der Waals surface area contributed by atoms with Crippen molar-refractivity contribution >= 4 is 34.5 Å². The van der Waals surface area contributed by atoms with Crippen molar-refractivity contribution in [3.05, 3.63) is 40.1 Å². The number of hydrogen-bond donors (Lipinski definition) is 1. The van der Waals surface area contributed by atoms with Crippen LogP contribution in [0.25, 0.3) is 11.0 Å². The lowest BCUT2D eigenvalue weighted by molar-refractivity contribution is -0.0207. The van der Waals surface area contributed by atoms with Gasteiger partial charge in [0.2, 0.25) is 0 Å².